The molecule has 1 aromatic carbocycles. The highest BCUT2D eigenvalue weighted by Gasteiger charge is 2.05. The van der Waals surface area contributed by atoms with Crippen molar-refractivity contribution in [3.8, 4) is 0 Å². The van der Waals surface area contributed by atoms with Crippen LogP contribution in [0.1, 0.15) is 5.56 Å². The van der Waals surface area contributed by atoms with Gasteiger partial charge in [-0.15, -0.1) is 24.0 Å². The van der Waals surface area contributed by atoms with Crippen molar-refractivity contribution in [3.05, 3.63) is 35.4 Å². The third-order valence-electron chi connectivity index (χ3n) is 2.70. The normalized spacial score (nSPS) is 11.7. The first kappa shape index (κ1) is 22.0. The van der Waals surface area contributed by atoms with Gasteiger partial charge in [0, 0.05) is 26.7 Å². The summed E-state index contributed by atoms with van der Waals surface area (Å²) >= 11 is 0. The average Bonchev–Trinajstić information content (AvgIpc) is 2.44. The molecule has 23 heavy (non-hydrogen) atoms. The molecule has 0 bridgehead atoms. The fourth-order valence-corrected chi connectivity index (χ4v) is 2.16. The third kappa shape index (κ3) is 9.66. The molecule has 0 fully saturated rings. The summed E-state index contributed by atoms with van der Waals surface area (Å²) in [7, 11) is -1.66. The van der Waals surface area contributed by atoms with Crippen molar-refractivity contribution >= 4 is 40.0 Å². The Hall–Kier alpha value is -1.01. The molecule has 0 heterocycles. The van der Waals surface area contributed by atoms with Crippen molar-refractivity contribution in [3.63, 3.8) is 0 Å². The first-order valence-corrected chi connectivity index (χ1v) is 8.54. The average molecular weight is 462 g/mol. The predicted molar refractivity (Wildman–Crippen MR) is 97.7 cm³/mol. The van der Waals surface area contributed by atoms with Gasteiger partial charge in [-0.25, -0.2) is 21.9 Å². The monoisotopic (exact) mass is 462 g/mol. The van der Waals surface area contributed by atoms with Crippen LogP contribution in [0.2, 0.25) is 0 Å². The van der Waals surface area contributed by atoms with Crippen LogP contribution in [-0.2, 0) is 16.4 Å². The van der Waals surface area contributed by atoms with E-state index in [-0.39, 0.29) is 36.1 Å². The van der Waals surface area contributed by atoms with Crippen molar-refractivity contribution < 1.29 is 17.2 Å². The molecule has 0 aliphatic carbocycles. The van der Waals surface area contributed by atoms with E-state index in [1.54, 1.807) is 7.05 Å². The second kappa shape index (κ2) is 10.7. The molecule has 0 spiro atoms. The molecule has 1 rings (SSSR count). The summed E-state index contributed by atoms with van der Waals surface area (Å²) in [6.45, 7) is 0.929. The highest BCUT2D eigenvalue weighted by Crippen LogP contribution is 2.09. The summed E-state index contributed by atoms with van der Waals surface area (Å²) in [5.41, 5.74) is 0.279. The topological polar surface area (TPSA) is 82.6 Å². The maximum Gasteiger partial charge on any atom is 0.208 e. The molecular formula is C13H21F2IN4O2S. The zero-order valence-corrected chi connectivity index (χ0v) is 16.0. The van der Waals surface area contributed by atoms with Crippen LogP contribution in [0.4, 0.5) is 8.78 Å². The Balaban J connectivity index is 0.00000484. The fraction of sp³-hybridized carbons (Fsp3) is 0.462. The number of sulfonamides is 1. The van der Waals surface area contributed by atoms with E-state index in [9.17, 15) is 17.2 Å². The molecule has 0 saturated heterocycles. The lowest BCUT2D eigenvalue weighted by Crippen LogP contribution is -2.42. The van der Waals surface area contributed by atoms with E-state index in [0.717, 1.165) is 24.5 Å². The third-order valence-corrected chi connectivity index (χ3v) is 3.43. The molecule has 0 radical (unpaired) electrons. The number of nitrogens with zero attached hydrogens (tertiary/aromatic N) is 1. The first-order valence-electron chi connectivity index (χ1n) is 6.65. The largest absolute Gasteiger partial charge is 0.356 e. The van der Waals surface area contributed by atoms with E-state index < -0.39 is 21.7 Å². The van der Waals surface area contributed by atoms with E-state index in [1.165, 1.54) is 0 Å². The summed E-state index contributed by atoms with van der Waals surface area (Å²) in [6, 6.07) is 3.32. The van der Waals surface area contributed by atoms with Crippen LogP contribution in [0.25, 0.3) is 0 Å². The Labute approximate surface area is 152 Å². The number of aliphatic imine (C=N–C) groups is 1. The van der Waals surface area contributed by atoms with E-state index in [1.807, 2.05) is 0 Å². The summed E-state index contributed by atoms with van der Waals surface area (Å²) in [5, 5.41) is 5.83. The maximum absolute atomic E-state index is 13.4. The van der Waals surface area contributed by atoms with E-state index in [0.29, 0.717) is 25.5 Å². The summed E-state index contributed by atoms with van der Waals surface area (Å²) in [5.74, 6) is -0.485. The molecule has 3 N–H and O–H groups in total. The van der Waals surface area contributed by atoms with Crippen LogP contribution in [-0.4, -0.2) is 47.3 Å². The number of hydrogen-bond donors (Lipinski definition) is 3. The van der Waals surface area contributed by atoms with Gasteiger partial charge >= 0.3 is 0 Å². The molecule has 1 aromatic rings. The molecule has 0 aliphatic heterocycles. The van der Waals surface area contributed by atoms with Crippen LogP contribution in [0.5, 0.6) is 0 Å². The van der Waals surface area contributed by atoms with E-state index >= 15 is 0 Å². The van der Waals surface area contributed by atoms with Crippen LogP contribution < -0.4 is 15.4 Å². The zero-order valence-electron chi connectivity index (χ0n) is 12.9. The number of benzene rings is 1. The van der Waals surface area contributed by atoms with Gasteiger partial charge in [0.15, 0.2) is 5.96 Å². The van der Waals surface area contributed by atoms with Crippen molar-refractivity contribution in [1.29, 1.82) is 0 Å². The lowest BCUT2D eigenvalue weighted by molar-refractivity contribution is 0.582. The predicted octanol–water partition coefficient (Wildman–Crippen LogP) is 0.840. The van der Waals surface area contributed by atoms with Crippen LogP contribution in [0, 0.1) is 11.6 Å². The highest BCUT2D eigenvalue weighted by atomic mass is 127. The molecule has 10 heteroatoms. The molecule has 0 amide bonds. The minimum absolute atomic E-state index is 0. The molecule has 6 nitrogen and oxygen atoms in total. The van der Waals surface area contributed by atoms with Gasteiger partial charge in [-0.1, -0.05) is 0 Å². The Morgan fingerprint density at radius 3 is 2.43 bits per heavy atom. The summed E-state index contributed by atoms with van der Waals surface area (Å²) in [4.78, 5) is 3.94. The van der Waals surface area contributed by atoms with Gasteiger partial charge in [0.25, 0.3) is 0 Å². The minimum Gasteiger partial charge on any atom is -0.356 e. The molecule has 0 atom stereocenters. The number of guanidine groups is 1. The Morgan fingerprint density at radius 1 is 1.17 bits per heavy atom. The van der Waals surface area contributed by atoms with Gasteiger partial charge in [0.05, 0.1) is 6.26 Å². The highest BCUT2D eigenvalue weighted by molar-refractivity contribution is 14.0. The second-order valence-corrected chi connectivity index (χ2v) is 6.41. The lowest BCUT2D eigenvalue weighted by atomic mass is 10.1. The van der Waals surface area contributed by atoms with Crippen LogP contribution >= 0.6 is 24.0 Å². The van der Waals surface area contributed by atoms with Gasteiger partial charge < -0.3 is 10.6 Å². The fourth-order valence-electron chi connectivity index (χ4n) is 1.69. The molecule has 0 aliphatic rings. The molecular weight excluding hydrogens is 441 g/mol. The van der Waals surface area contributed by atoms with E-state index in [2.05, 4.69) is 20.3 Å². The minimum atomic E-state index is -3.22. The Kier molecular flexibility index (Phi) is 10.2. The van der Waals surface area contributed by atoms with E-state index in [4.69, 9.17) is 0 Å². The SMILES string of the molecule is CN=C(NCCNS(C)(=O)=O)NCCc1cc(F)ccc1F.I. The lowest BCUT2D eigenvalue weighted by Gasteiger charge is -2.12. The molecule has 0 saturated carbocycles. The second-order valence-electron chi connectivity index (χ2n) is 4.58. The van der Waals surface area contributed by atoms with Crippen molar-refractivity contribution in [2.24, 2.45) is 4.99 Å². The van der Waals surface area contributed by atoms with Gasteiger partial charge in [-0.2, -0.15) is 0 Å². The first-order chi connectivity index (χ1) is 10.3. The van der Waals surface area contributed by atoms with Gasteiger partial charge in [-0.05, 0) is 30.2 Å². The number of nitrogens with one attached hydrogen (secondary N) is 3. The van der Waals surface area contributed by atoms with Crippen LogP contribution in [0.3, 0.4) is 0 Å². The number of halogens is 3. The van der Waals surface area contributed by atoms with Crippen LogP contribution in [0.15, 0.2) is 23.2 Å². The molecule has 0 aromatic heterocycles. The molecule has 0 unspecified atom stereocenters. The smallest absolute Gasteiger partial charge is 0.208 e. The standard InChI is InChI=1S/C13H20F2N4O2S.HI/c1-16-13(18-7-8-19-22(2,20)21)17-6-5-10-9-11(14)3-4-12(10)15;/h3-4,9,19H,5-8H2,1-2H3,(H2,16,17,18);1H. The van der Waals surface area contributed by atoms with Crippen molar-refractivity contribution in [2.75, 3.05) is 32.9 Å². The van der Waals surface area contributed by atoms with Crippen molar-refractivity contribution in [1.82, 2.24) is 15.4 Å². The number of hydrogen-bond acceptors (Lipinski definition) is 3. The van der Waals surface area contributed by atoms with Gasteiger partial charge in [0.1, 0.15) is 11.6 Å². The Bertz CT molecular complexity index is 626. The quantitative estimate of drug-likeness (QED) is 0.243. The van der Waals surface area contributed by atoms with Gasteiger partial charge in [0.2, 0.25) is 10.0 Å². The van der Waals surface area contributed by atoms with Crippen molar-refractivity contribution in [2.45, 2.75) is 6.42 Å². The zero-order chi connectivity index (χ0) is 16.6. The van der Waals surface area contributed by atoms with Gasteiger partial charge in [-0.3, -0.25) is 4.99 Å². The summed E-state index contributed by atoms with van der Waals surface area (Å²) in [6.07, 6.45) is 1.37. The number of rotatable bonds is 7. The Morgan fingerprint density at radius 2 is 1.83 bits per heavy atom. The molecule has 132 valence electrons. The summed E-state index contributed by atoms with van der Waals surface area (Å²) < 4.78 is 50.6. The maximum atomic E-state index is 13.4.